The summed E-state index contributed by atoms with van der Waals surface area (Å²) in [6.45, 7) is 0.201. The van der Waals surface area contributed by atoms with Gasteiger partial charge in [0.25, 0.3) is 0 Å². The van der Waals surface area contributed by atoms with Crippen LogP contribution in [0.15, 0.2) is 12.1 Å². The fourth-order valence-corrected chi connectivity index (χ4v) is 1.58. The molecular weight excluding hydrogens is 228 g/mol. The number of rotatable bonds is 4. The van der Waals surface area contributed by atoms with Gasteiger partial charge in [-0.15, -0.1) is 0 Å². The summed E-state index contributed by atoms with van der Waals surface area (Å²) >= 11 is 0. The lowest BCUT2D eigenvalue weighted by Gasteiger charge is -2.06. The quantitative estimate of drug-likeness (QED) is 0.651. The van der Waals surface area contributed by atoms with Crippen molar-refractivity contribution in [1.29, 1.82) is 0 Å². The molecule has 1 aromatic carbocycles. The molecular formula is C12H13F2NO2. The highest BCUT2D eigenvalue weighted by Crippen LogP contribution is 2.32. The highest BCUT2D eigenvalue weighted by atomic mass is 19.1. The number of ether oxygens (including phenoxy) is 1. The first-order valence-electron chi connectivity index (χ1n) is 5.49. The number of halogens is 2. The molecule has 0 spiro atoms. The third kappa shape index (κ3) is 2.93. The molecule has 1 fully saturated rings. The van der Waals surface area contributed by atoms with Gasteiger partial charge in [0, 0.05) is 5.69 Å². The summed E-state index contributed by atoms with van der Waals surface area (Å²) in [7, 11) is 0. The molecule has 0 amide bonds. The molecule has 17 heavy (non-hydrogen) atoms. The first kappa shape index (κ1) is 11.8. The third-order valence-corrected chi connectivity index (χ3v) is 2.72. The van der Waals surface area contributed by atoms with Gasteiger partial charge in [-0.25, -0.2) is 13.6 Å². The van der Waals surface area contributed by atoms with Crippen molar-refractivity contribution >= 4 is 11.7 Å². The molecule has 0 radical (unpaired) electrons. The van der Waals surface area contributed by atoms with Gasteiger partial charge < -0.3 is 10.5 Å². The number of carbonyl (C=O) groups is 1. The third-order valence-electron chi connectivity index (χ3n) is 2.72. The fraction of sp³-hybridized carbons (Fsp3) is 0.417. The minimum Gasteiger partial charge on any atom is -0.462 e. The molecule has 0 aliphatic heterocycles. The maximum Gasteiger partial charge on any atom is 0.344 e. The van der Waals surface area contributed by atoms with E-state index >= 15 is 0 Å². The van der Waals surface area contributed by atoms with E-state index in [2.05, 4.69) is 0 Å². The van der Waals surface area contributed by atoms with E-state index in [0.29, 0.717) is 5.92 Å². The second-order valence-electron chi connectivity index (χ2n) is 4.23. The van der Waals surface area contributed by atoms with Crippen LogP contribution in [0.5, 0.6) is 0 Å². The Kier molecular flexibility index (Phi) is 3.26. The van der Waals surface area contributed by atoms with Gasteiger partial charge >= 0.3 is 5.97 Å². The summed E-state index contributed by atoms with van der Waals surface area (Å²) in [6, 6.07) is 1.81. The summed E-state index contributed by atoms with van der Waals surface area (Å²) in [4.78, 5) is 11.5. The molecule has 3 nitrogen and oxygen atoms in total. The maximum atomic E-state index is 13.3. The summed E-state index contributed by atoms with van der Waals surface area (Å²) in [6.07, 6.45) is 3.04. The zero-order chi connectivity index (χ0) is 12.4. The van der Waals surface area contributed by atoms with Gasteiger partial charge in [-0.3, -0.25) is 0 Å². The topological polar surface area (TPSA) is 52.3 Å². The van der Waals surface area contributed by atoms with E-state index in [4.69, 9.17) is 10.5 Å². The van der Waals surface area contributed by atoms with Crippen LogP contribution >= 0.6 is 0 Å². The van der Waals surface area contributed by atoms with Crippen molar-refractivity contribution in [1.82, 2.24) is 0 Å². The van der Waals surface area contributed by atoms with Crippen molar-refractivity contribution in [2.45, 2.75) is 19.3 Å². The van der Waals surface area contributed by atoms with E-state index in [9.17, 15) is 13.6 Å². The Morgan fingerprint density at radius 3 is 2.47 bits per heavy atom. The van der Waals surface area contributed by atoms with Crippen LogP contribution in [0.4, 0.5) is 14.5 Å². The van der Waals surface area contributed by atoms with Crippen LogP contribution in [0.1, 0.15) is 29.6 Å². The van der Waals surface area contributed by atoms with Crippen molar-refractivity contribution in [3.8, 4) is 0 Å². The minimum absolute atomic E-state index is 0.0606. The van der Waals surface area contributed by atoms with Crippen LogP contribution in [0.2, 0.25) is 0 Å². The summed E-state index contributed by atoms with van der Waals surface area (Å²) in [5.74, 6) is -2.34. The SMILES string of the molecule is Nc1cc(F)c(C(=O)OCCC2CC2)c(F)c1. The predicted octanol–water partition coefficient (Wildman–Crippen LogP) is 2.50. The molecule has 1 aromatic rings. The largest absolute Gasteiger partial charge is 0.462 e. The number of hydrogen-bond donors (Lipinski definition) is 1. The lowest BCUT2D eigenvalue weighted by atomic mass is 10.2. The van der Waals surface area contributed by atoms with E-state index in [1.54, 1.807) is 0 Å². The van der Waals surface area contributed by atoms with Gasteiger partial charge in [0.1, 0.15) is 17.2 Å². The van der Waals surface area contributed by atoms with Gasteiger partial charge in [0.05, 0.1) is 6.61 Å². The average molecular weight is 241 g/mol. The van der Waals surface area contributed by atoms with Crippen LogP contribution in [-0.4, -0.2) is 12.6 Å². The molecule has 1 aliphatic rings. The van der Waals surface area contributed by atoms with Crippen LogP contribution in [0.25, 0.3) is 0 Å². The molecule has 0 aromatic heterocycles. The second-order valence-corrected chi connectivity index (χ2v) is 4.23. The van der Waals surface area contributed by atoms with Crippen molar-refractivity contribution in [3.63, 3.8) is 0 Å². The summed E-state index contributed by atoms with van der Waals surface area (Å²) in [5, 5.41) is 0. The number of carbonyl (C=O) groups excluding carboxylic acids is 1. The smallest absolute Gasteiger partial charge is 0.344 e. The van der Waals surface area contributed by atoms with Gasteiger partial charge in [-0.2, -0.15) is 0 Å². The van der Waals surface area contributed by atoms with E-state index in [1.807, 2.05) is 0 Å². The monoisotopic (exact) mass is 241 g/mol. The van der Waals surface area contributed by atoms with Crippen LogP contribution in [-0.2, 0) is 4.74 Å². The second kappa shape index (κ2) is 4.69. The Hall–Kier alpha value is -1.65. The molecule has 0 atom stereocenters. The maximum absolute atomic E-state index is 13.3. The molecule has 0 heterocycles. The van der Waals surface area contributed by atoms with Crippen molar-refractivity contribution in [2.75, 3.05) is 12.3 Å². The number of benzene rings is 1. The molecule has 5 heteroatoms. The van der Waals surface area contributed by atoms with Gasteiger partial charge in [0.15, 0.2) is 0 Å². The minimum atomic E-state index is -0.987. The van der Waals surface area contributed by atoms with Crippen molar-refractivity contribution < 1.29 is 18.3 Å². The molecule has 0 bridgehead atoms. The Labute approximate surface area is 97.6 Å². The van der Waals surface area contributed by atoms with E-state index < -0.39 is 23.2 Å². The number of hydrogen-bond acceptors (Lipinski definition) is 3. The Morgan fingerprint density at radius 1 is 1.35 bits per heavy atom. The van der Waals surface area contributed by atoms with Crippen LogP contribution in [0, 0.1) is 17.6 Å². The Morgan fingerprint density at radius 2 is 1.94 bits per heavy atom. The van der Waals surface area contributed by atoms with E-state index in [-0.39, 0.29) is 12.3 Å². The standard InChI is InChI=1S/C12H13F2NO2/c13-9-5-8(15)6-10(14)11(9)12(16)17-4-3-7-1-2-7/h5-7H,1-4,15H2. The normalized spacial score (nSPS) is 14.7. The van der Waals surface area contributed by atoms with E-state index in [1.165, 1.54) is 0 Å². The van der Waals surface area contributed by atoms with Gasteiger partial charge in [-0.05, 0) is 24.5 Å². The van der Waals surface area contributed by atoms with Crippen molar-refractivity contribution in [3.05, 3.63) is 29.3 Å². The molecule has 92 valence electrons. The molecule has 2 N–H and O–H groups in total. The Balaban J connectivity index is 2.01. The highest BCUT2D eigenvalue weighted by Gasteiger charge is 2.23. The van der Waals surface area contributed by atoms with Gasteiger partial charge in [-0.1, -0.05) is 12.8 Å². The molecule has 2 rings (SSSR count). The zero-order valence-corrected chi connectivity index (χ0v) is 9.21. The van der Waals surface area contributed by atoms with Gasteiger partial charge in [0.2, 0.25) is 0 Å². The van der Waals surface area contributed by atoms with Crippen LogP contribution in [0.3, 0.4) is 0 Å². The predicted molar refractivity (Wildman–Crippen MR) is 58.4 cm³/mol. The van der Waals surface area contributed by atoms with Crippen molar-refractivity contribution in [2.24, 2.45) is 5.92 Å². The molecule has 0 unspecified atom stereocenters. The molecule has 1 saturated carbocycles. The number of esters is 1. The Bertz CT molecular complexity index is 421. The number of nitrogen functional groups attached to an aromatic ring is 1. The van der Waals surface area contributed by atoms with Crippen LogP contribution < -0.4 is 5.73 Å². The summed E-state index contributed by atoms with van der Waals surface area (Å²) in [5.41, 5.74) is 4.51. The lowest BCUT2D eigenvalue weighted by molar-refractivity contribution is 0.0484. The number of anilines is 1. The fourth-order valence-electron chi connectivity index (χ4n) is 1.58. The zero-order valence-electron chi connectivity index (χ0n) is 9.21. The molecule has 0 saturated heterocycles. The highest BCUT2D eigenvalue weighted by molar-refractivity contribution is 5.90. The average Bonchev–Trinajstić information content (AvgIpc) is 2.99. The first-order chi connectivity index (χ1) is 8.08. The lowest BCUT2D eigenvalue weighted by Crippen LogP contribution is -2.12. The number of nitrogens with two attached hydrogens (primary N) is 1. The summed E-state index contributed by atoms with van der Waals surface area (Å²) < 4.78 is 31.5. The van der Waals surface area contributed by atoms with E-state index in [0.717, 1.165) is 31.4 Å². The molecule has 1 aliphatic carbocycles. The first-order valence-corrected chi connectivity index (χ1v) is 5.49.